The summed E-state index contributed by atoms with van der Waals surface area (Å²) >= 11 is 0. The van der Waals surface area contributed by atoms with Gasteiger partial charge in [-0.1, -0.05) is 0 Å². The first-order chi connectivity index (χ1) is 6.00. The van der Waals surface area contributed by atoms with E-state index in [9.17, 15) is 19.2 Å². The summed E-state index contributed by atoms with van der Waals surface area (Å²) in [5, 5.41) is 0. The van der Waals surface area contributed by atoms with Crippen molar-refractivity contribution in [1.82, 2.24) is 0 Å². The molecule has 0 N–H and O–H groups in total. The molecule has 0 amide bonds. The highest BCUT2D eigenvalue weighted by molar-refractivity contribution is 6.00. The van der Waals surface area contributed by atoms with Crippen molar-refractivity contribution in [2.45, 2.75) is 6.92 Å². The molecule has 0 bridgehead atoms. The van der Waals surface area contributed by atoms with Crippen LogP contribution in [0.5, 0.6) is 5.75 Å². The normalized spacial score (nSPS) is 9.92. The molecule has 0 atom stereocenters. The molecule has 0 spiro atoms. The Kier molecular flexibility index (Phi) is 2.14. The van der Waals surface area contributed by atoms with E-state index >= 15 is 0 Å². The van der Waals surface area contributed by atoms with Crippen LogP contribution in [-0.2, 0) is 0 Å². The van der Waals surface area contributed by atoms with E-state index < -0.39 is 21.7 Å². The van der Waals surface area contributed by atoms with Crippen molar-refractivity contribution in [3.63, 3.8) is 0 Å². The Balaban J connectivity index is 4.02. The molecule has 1 aromatic carbocycles. The van der Waals surface area contributed by atoms with Gasteiger partial charge in [-0.25, -0.2) is 0 Å². The van der Waals surface area contributed by atoms with E-state index in [1.54, 1.807) is 0 Å². The molecule has 0 saturated carbocycles. The van der Waals surface area contributed by atoms with E-state index in [4.69, 9.17) is 0 Å². The van der Waals surface area contributed by atoms with Crippen molar-refractivity contribution in [3.05, 3.63) is 46.5 Å². The Hall–Kier alpha value is -1.72. The first kappa shape index (κ1) is 9.37. The average molecular weight is 180 g/mol. The number of hydrogen-bond donors (Lipinski definition) is 0. The summed E-state index contributed by atoms with van der Waals surface area (Å²) in [4.78, 5) is 43.6. The van der Waals surface area contributed by atoms with E-state index in [0.717, 1.165) is 8.05 Å². The first-order valence-electron chi connectivity index (χ1n) is 3.43. The highest BCUT2D eigenvalue weighted by atomic mass is 16.4. The second kappa shape index (κ2) is 2.97. The summed E-state index contributed by atoms with van der Waals surface area (Å²) < 4.78 is 4.54. The number of rotatable bonds is 1. The van der Waals surface area contributed by atoms with Gasteiger partial charge < -0.3 is 4.65 Å². The molecule has 0 aliphatic carbocycles. The topological polar surface area (TPSA) is 77.5 Å². The lowest BCUT2D eigenvalue weighted by atomic mass is 10.2. The summed E-state index contributed by atoms with van der Waals surface area (Å²) in [6, 6.07) is 0. The van der Waals surface area contributed by atoms with Crippen LogP contribution in [0, 0.1) is 6.92 Å². The van der Waals surface area contributed by atoms with Crippen molar-refractivity contribution in [2.75, 3.05) is 0 Å². The second-order valence-corrected chi connectivity index (χ2v) is 2.47. The molecule has 6 heteroatoms. The summed E-state index contributed by atoms with van der Waals surface area (Å²) in [6.07, 6.45) is 0. The Morgan fingerprint density at radius 3 is 1.85 bits per heavy atom. The lowest BCUT2D eigenvalue weighted by Crippen LogP contribution is -2.48. The van der Waals surface area contributed by atoms with E-state index in [1.807, 2.05) is 0 Å². The molecule has 5 nitrogen and oxygen atoms in total. The van der Waals surface area contributed by atoms with Gasteiger partial charge in [-0.15, -0.1) is 0 Å². The molecule has 0 heterocycles. The largest absolute Gasteiger partial charge is 0.565 e. The standard InChI is InChI=1S/C7H5BO5/c1-2-3(9)4(10)5(11)6(12)7(2)13-8/h8H2,1H3. The smallest absolute Gasteiger partial charge is 0.322 e. The number of hydrogen-bond acceptors (Lipinski definition) is 5. The van der Waals surface area contributed by atoms with Crippen LogP contribution in [-0.4, -0.2) is 8.05 Å². The molecule has 0 fully saturated rings. The molecule has 0 aliphatic rings. The van der Waals surface area contributed by atoms with Gasteiger partial charge in [0.15, 0.2) is 5.75 Å². The average Bonchev–Trinajstić information content (AvgIpc) is 2.13. The van der Waals surface area contributed by atoms with Crippen molar-refractivity contribution in [1.29, 1.82) is 0 Å². The monoisotopic (exact) mass is 180 g/mol. The quantitative estimate of drug-likeness (QED) is 0.345. The molecule has 1 rings (SSSR count). The highest BCUT2D eigenvalue weighted by Gasteiger charge is 2.15. The van der Waals surface area contributed by atoms with Crippen molar-refractivity contribution < 1.29 is 4.65 Å². The minimum atomic E-state index is -1.33. The summed E-state index contributed by atoms with van der Waals surface area (Å²) in [5.41, 5.74) is -4.75. The lowest BCUT2D eigenvalue weighted by molar-refractivity contribution is 0.601. The van der Waals surface area contributed by atoms with Gasteiger partial charge in [0.2, 0.25) is 5.43 Å². The van der Waals surface area contributed by atoms with E-state index in [-0.39, 0.29) is 11.3 Å². The van der Waals surface area contributed by atoms with E-state index in [0.29, 0.717) is 0 Å². The molecule has 0 aromatic heterocycles. The molecule has 1 aromatic rings. The second-order valence-electron chi connectivity index (χ2n) is 2.47. The molecular weight excluding hydrogens is 175 g/mol. The number of benzene rings is 1. The molecule has 0 unspecified atom stereocenters. The van der Waals surface area contributed by atoms with Crippen LogP contribution in [0.4, 0.5) is 0 Å². The minimum Gasteiger partial charge on any atom is -0.565 e. The summed E-state index contributed by atoms with van der Waals surface area (Å²) in [5.74, 6) is -0.338. The van der Waals surface area contributed by atoms with Gasteiger partial charge >= 0.3 is 8.05 Å². The van der Waals surface area contributed by atoms with Crippen LogP contribution in [0.25, 0.3) is 0 Å². The Morgan fingerprint density at radius 1 is 0.923 bits per heavy atom. The van der Waals surface area contributed by atoms with Crippen molar-refractivity contribution in [2.24, 2.45) is 0 Å². The predicted molar refractivity (Wildman–Crippen MR) is 47.8 cm³/mol. The molecular formula is C7H5BO5. The van der Waals surface area contributed by atoms with Crippen LogP contribution in [0.1, 0.15) is 5.56 Å². The molecule has 66 valence electrons. The zero-order valence-electron chi connectivity index (χ0n) is 7.04. The van der Waals surface area contributed by atoms with Crippen LogP contribution in [0.2, 0.25) is 0 Å². The fraction of sp³-hybridized carbons (Fsp3) is 0.143. The van der Waals surface area contributed by atoms with Crippen molar-refractivity contribution >= 4 is 8.05 Å². The summed E-state index contributed by atoms with van der Waals surface area (Å²) in [7, 11) is 1.16. The van der Waals surface area contributed by atoms with Gasteiger partial charge in [-0.3, -0.25) is 19.2 Å². The maximum absolute atomic E-state index is 11.0. The SMILES string of the molecule is BOc1c(C)c(=O)c(=O)c(=O)c1=O. The van der Waals surface area contributed by atoms with E-state index in [1.165, 1.54) is 6.92 Å². The highest BCUT2D eigenvalue weighted by Crippen LogP contribution is 2.00. The fourth-order valence-electron chi connectivity index (χ4n) is 0.999. The van der Waals surface area contributed by atoms with Crippen LogP contribution in [0.3, 0.4) is 0 Å². The van der Waals surface area contributed by atoms with Gasteiger partial charge in [0, 0.05) is 5.56 Å². The minimum absolute atomic E-state index is 0.114. The van der Waals surface area contributed by atoms with Crippen LogP contribution >= 0.6 is 0 Å². The molecule has 13 heavy (non-hydrogen) atoms. The predicted octanol–water partition coefficient (Wildman–Crippen LogP) is -2.76. The zero-order valence-corrected chi connectivity index (χ0v) is 7.04. The van der Waals surface area contributed by atoms with Gasteiger partial charge in [-0.05, 0) is 6.92 Å². The van der Waals surface area contributed by atoms with Crippen molar-refractivity contribution in [3.8, 4) is 5.75 Å². The Bertz CT molecular complexity index is 538. The fourth-order valence-corrected chi connectivity index (χ4v) is 0.999. The maximum atomic E-state index is 11.0. The first-order valence-corrected chi connectivity index (χ1v) is 3.43. The van der Waals surface area contributed by atoms with Gasteiger partial charge in [0.1, 0.15) is 0 Å². The zero-order chi connectivity index (χ0) is 10.2. The molecule has 0 saturated heterocycles. The third-order valence-corrected chi connectivity index (χ3v) is 1.71. The summed E-state index contributed by atoms with van der Waals surface area (Å²) in [6.45, 7) is 1.27. The van der Waals surface area contributed by atoms with Gasteiger partial charge in [0.25, 0.3) is 16.3 Å². The third kappa shape index (κ3) is 1.20. The van der Waals surface area contributed by atoms with Gasteiger partial charge in [-0.2, -0.15) is 0 Å². The van der Waals surface area contributed by atoms with Crippen LogP contribution in [0.15, 0.2) is 19.2 Å². The Labute approximate surface area is 72.7 Å². The van der Waals surface area contributed by atoms with Gasteiger partial charge in [0.05, 0.1) is 0 Å². The molecule has 0 radical (unpaired) electrons. The Morgan fingerprint density at radius 2 is 1.38 bits per heavy atom. The lowest BCUT2D eigenvalue weighted by Gasteiger charge is -1.98. The van der Waals surface area contributed by atoms with Crippen LogP contribution < -0.4 is 26.4 Å². The third-order valence-electron chi connectivity index (χ3n) is 1.71. The van der Waals surface area contributed by atoms with E-state index in [2.05, 4.69) is 4.65 Å². The molecule has 0 aliphatic heterocycles. The maximum Gasteiger partial charge on any atom is 0.322 e.